The number of nitrogens with one attached hydrogen (secondary N) is 2. The lowest BCUT2D eigenvalue weighted by Crippen LogP contribution is -2.48. The maximum atomic E-state index is 12.8. The summed E-state index contributed by atoms with van der Waals surface area (Å²) in [4.78, 5) is 28.8. The second kappa shape index (κ2) is 10.3. The minimum atomic E-state index is -0.186. The number of aryl methyl sites for hydroxylation is 1. The molecule has 3 rings (SSSR count). The lowest BCUT2D eigenvalue weighted by atomic mass is 10.1. The normalized spacial score (nSPS) is 14.6. The zero-order valence-corrected chi connectivity index (χ0v) is 18.1. The molecule has 0 atom stereocenters. The van der Waals surface area contributed by atoms with Gasteiger partial charge in [-0.25, -0.2) is 4.79 Å². The number of carbonyl (C=O) groups is 2. The quantitative estimate of drug-likeness (QED) is 0.772. The molecule has 3 amide bonds. The van der Waals surface area contributed by atoms with Crippen molar-refractivity contribution < 1.29 is 9.59 Å². The highest BCUT2D eigenvalue weighted by molar-refractivity contribution is 5.94. The van der Waals surface area contributed by atoms with Gasteiger partial charge in [0.1, 0.15) is 0 Å². The van der Waals surface area contributed by atoms with Gasteiger partial charge in [0.25, 0.3) is 5.91 Å². The van der Waals surface area contributed by atoms with Gasteiger partial charge >= 0.3 is 6.03 Å². The molecule has 1 heterocycles. The first-order chi connectivity index (χ1) is 14.4. The molecule has 2 aromatic rings. The number of carbonyl (C=O) groups excluding carboxylic acids is 2. The monoisotopic (exact) mass is 408 g/mol. The summed E-state index contributed by atoms with van der Waals surface area (Å²) >= 11 is 0. The first-order valence-corrected chi connectivity index (χ1v) is 10.6. The van der Waals surface area contributed by atoms with Crippen LogP contribution >= 0.6 is 0 Å². The van der Waals surface area contributed by atoms with Gasteiger partial charge in [0, 0.05) is 50.9 Å². The van der Waals surface area contributed by atoms with E-state index in [1.807, 2.05) is 43.0 Å². The average molecular weight is 409 g/mol. The van der Waals surface area contributed by atoms with Crippen LogP contribution in [0.3, 0.4) is 0 Å². The Balaban J connectivity index is 1.47. The van der Waals surface area contributed by atoms with Crippen LogP contribution in [-0.2, 0) is 13.1 Å². The van der Waals surface area contributed by atoms with E-state index in [9.17, 15) is 9.59 Å². The number of nitrogens with zero attached hydrogens (tertiary/aromatic N) is 2. The lowest BCUT2D eigenvalue weighted by molar-refractivity contribution is 0.0628. The molecular weight excluding hydrogens is 376 g/mol. The highest BCUT2D eigenvalue weighted by Crippen LogP contribution is 2.13. The fourth-order valence-electron chi connectivity index (χ4n) is 3.62. The van der Waals surface area contributed by atoms with Gasteiger partial charge in [0.2, 0.25) is 0 Å². The average Bonchev–Trinajstić information content (AvgIpc) is 2.72. The predicted octanol–water partition coefficient (Wildman–Crippen LogP) is 3.16. The van der Waals surface area contributed by atoms with Crippen LogP contribution in [0.1, 0.15) is 40.9 Å². The molecule has 160 valence electrons. The van der Waals surface area contributed by atoms with Crippen LogP contribution in [0.4, 0.5) is 4.79 Å². The van der Waals surface area contributed by atoms with Crippen molar-refractivity contribution >= 4 is 11.9 Å². The highest BCUT2D eigenvalue weighted by Gasteiger charge is 2.22. The zero-order chi connectivity index (χ0) is 21.5. The van der Waals surface area contributed by atoms with Crippen LogP contribution in [0, 0.1) is 6.92 Å². The third-order valence-corrected chi connectivity index (χ3v) is 5.22. The first-order valence-electron chi connectivity index (χ1n) is 10.6. The number of rotatable bonds is 6. The number of benzene rings is 2. The Morgan fingerprint density at radius 1 is 0.967 bits per heavy atom. The van der Waals surface area contributed by atoms with Crippen LogP contribution in [0.5, 0.6) is 0 Å². The van der Waals surface area contributed by atoms with E-state index in [4.69, 9.17) is 0 Å². The van der Waals surface area contributed by atoms with Crippen LogP contribution in [0.25, 0.3) is 0 Å². The van der Waals surface area contributed by atoms with Crippen molar-refractivity contribution in [2.24, 2.45) is 0 Å². The van der Waals surface area contributed by atoms with Crippen molar-refractivity contribution in [2.45, 2.75) is 39.9 Å². The Labute approximate surface area is 179 Å². The van der Waals surface area contributed by atoms with E-state index in [1.165, 1.54) is 11.1 Å². The van der Waals surface area contributed by atoms with E-state index in [0.717, 1.165) is 38.3 Å². The van der Waals surface area contributed by atoms with Gasteiger partial charge in [-0.1, -0.05) is 42.0 Å². The summed E-state index contributed by atoms with van der Waals surface area (Å²) < 4.78 is 0. The van der Waals surface area contributed by atoms with Gasteiger partial charge in [-0.2, -0.15) is 0 Å². The minimum Gasteiger partial charge on any atom is -0.336 e. The summed E-state index contributed by atoms with van der Waals surface area (Å²) in [5.74, 6) is 0.0715. The molecule has 1 fully saturated rings. The summed E-state index contributed by atoms with van der Waals surface area (Å²) in [6.07, 6.45) is 0. The van der Waals surface area contributed by atoms with E-state index in [2.05, 4.69) is 46.7 Å². The van der Waals surface area contributed by atoms with Gasteiger partial charge in [-0.15, -0.1) is 0 Å². The van der Waals surface area contributed by atoms with Crippen LogP contribution in [0.15, 0.2) is 48.5 Å². The molecule has 0 saturated carbocycles. The molecule has 1 aliphatic heterocycles. The van der Waals surface area contributed by atoms with Crippen LogP contribution in [0.2, 0.25) is 0 Å². The van der Waals surface area contributed by atoms with Crippen molar-refractivity contribution in [3.8, 4) is 0 Å². The molecule has 0 aliphatic carbocycles. The molecule has 6 heteroatoms. The number of piperazine rings is 1. The largest absolute Gasteiger partial charge is 0.336 e. The summed E-state index contributed by atoms with van der Waals surface area (Å²) in [5.41, 5.74) is 4.26. The van der Waals surface area contributed by atoms with Crippen molar-refractivity contribution in [3.05, 3.63) is 70.8 Å². The molecule has 2 N–H and O–H groups in total. The Morgan fingerprint density at radius 2 is 1.67 bits per heavy atom. The molecule has 0 bridgehead atoms. The molecule has 2 aromatic carbocycles. The third kappa shape index (κ3) is 6.32. The molecule has 0 radical (unpaired) electrons. The molecule has 30 heavy (non-hydrogen) atoms. The Kier molecular flexibility index (Phi) is 7.46. The van der Waals surface area contributed by atoms with E-state index >= 15 is 0 Å². The second-order valence-corrected chi connectivity index (χ2v) is 8.24. The van der Waals surface area contributed by atoms with E-state index in [0.29, 0.717) is 12.1 Å². The summed E-state index contributed by atoms with van der Waals surface area (Å²) in [6, 6.07) is 16.0. The Hall–Kier alpha value is -2.86. The molecule has 1 saturated heterocycles. The van der Waals surface area contributed by atoms with Gasteiger partial charge in [-0.05, 0) is 44.0 Å². The zero-order valence-electron chi connectivity index (χ0n) is 18.1. The Morgan fingerprint density at radius 3 is 2.30 bits per heavy atom. The highest BCUT2D eigenvalue weighted by atomic mass is 16.2. The fraction of sp³-hybridized carbons (Fsp3) is 0.417. The minimum absolute atomic E-state index is 0.0715. The molecule has 0 unspecified atom stereocenters. The first kappa shape index (κ1) is 21.8. The predicted molar refractivity (Wildman–Crippen MR) is 119 cm³/mol. The number of urea groups is 1. The lowest BCUT2D eigenvalue weighted by Gasteiger charge is -2.34. The van der Waals surface area contributed by atoms with E-state index in [-0.39, 0.29) is 18.0 Å². The fourth-order valence-corrected chi connectivity index (χ4v) is 3.62. The number of amides is 3. The van der Waals surface area contributed by atoms with Crippen molar-refractivity contribution in [1.82, 2.24) is 20.4 Å². The second-order valence-electron chi connectivity index (χ2n) is 8.24. The number of hydrogen-bond donors (Lipinski definition) is 2. The third-order valence-electron chi connectivity index (χ3n) is 5.22. The van der Waals surface area contributed by atoms with Gasteiger partial charge in [0.15, 0.2) is 0 Å². The topological polar surface area (TPSA) is 64.7 Å². The SMILES string of the molecule is Cc1cccc(CN2CCN(C(=O)c3ccc(CNC(=O)NC(C)C)cc3)CC2)c1. The standard InChI is InChI=1S/C24H32N4O2/c1-18(2)26-24(30)25-16-20-7-9-22(10-8-20)23(29)28-13-11-27(12-14-28)17-21-6-4-5-19(3)15-21/h4-10,15,18H,11-14,16-17H2,1-3H3,(H2,25,26,30). The molecular formula is C24H32N4O2. The summed E-state index contributed by atoms with van der Waals surface area (Å²) in [7, 11) is 0. The van der Waals surface area contributed by atoms with Gasteiger partial charge < -0.3 is 15.5 Å². The van der Waals surface area contributed by atoms with Crippen LogP contribution < -0.4 is 10.6 Å². The summed E-state index contributed by atoms with van der Waals surface area (Å²) in [6.45, 7) is 10.6. The van der Waals surface area contributed by atoms with Gasteiger partial charge in [-0.3, -0.25) is 9.69 Å². The van der Waals surface area contributed by atoms with Crippen molar-refractivity contribution in [2.75, 3.05) is 26.2 Å². The smallest absolute Gasteiger partial charge is 0.315 e. The molecule has 0 spiro atoms. The van der Waals surface area contributed by atoms with E-state index < -0.39 is 0 Å². The van der Waals surface area contributed by atoms with Crippen molar-refractivity contribution in [1.29, 1.82) is 0 Å². The number of hydrogen-bond acceptors (Lipinski definition) is 3. The molecule has 0 aromatic heterocycles. The Bertz CT molecular complexity index is 856. The molecule has 6 nitrogen and oxygen atoms in total. The molecule has 1 aliphatic rings. The van der Waals surface area contributed by atoms with Gasteiger partial charge in [0.05, 0.1) is 0 Å². The maximum absolute atomic E-state index is 12.8. The van der Waals surface area contributed by atoms with Crippen LogP contribution in [-0.4, -0.2) is 54.0 Å². The van der Waals surface area contributed by atoms with Crippen molar-refractivity contribution in [3.63, 3.8) is 0 Å². The maximum Gasteiger partial charge on any atom is 0.315 e. The van der Waals surface area contributed by atoms with E-state index in [1.54, 1.807) is 0 Å². The summed E-state index contributed by atoms with van der Waals surface area (Å²) in [5, 5.41) is 5.61.